The highest BCUT2D eigenvalue weighted by atomic mass is 33.1. The Balaban J connectivity index is 1.22. The van der Waals surface area contributed by atoms with Gasteiger partial charge in [0.2, 0.25) is 11.8 Å². The molecule has 2 aromatic carbocycles. The molecule has 0 saturated carbocycles. The van der Waals surface area contributed by atoms with Crippen molar-refractivity contribution in [2.24, 2.45) is 48.6 Å². The van der Waals surface area contributed by atoms with Gasteiger partial charge in [0.15, 0.2) is 0 Å². The molecule has 4 aromatic rings. The van der Waals surface area contributed by atoms with E-state index in [4.69, 9.17) is 0 Å². The second-order valence-electron chi connectivity index (χ2n) is 15.6. The molecule has 18 heteroatoms. The fraction of sp³-hybridized carbons (Fsp3) is 0.500. The van der Waals surface area contributed by atoms with Crippen molar-refractivity contribution in [3.63, 3.8) is 0 Å². The number of carbonyl (C=O) groups excluding carboxylic acids is 2. The number of nitrogens with one attached hydrogen (secondary N) is 4. The molecular weight excluding hydrogens is 773 g/mol. The second-order valence-corrected chi connectivity index (χ2v) is 18.3. The van der Waals surface area contributed by atoms with E-state index in [0.29, 0.717) is 24.2 Å². The number of quaternary nitrogens is 2. The van der Waals surface area contributed by atoms with Crippen LogP contribution in [0, 0.1) is 0 Å². The molecule has 0 fully saturated rings. The van der Waals surface area contributed by atoms with E-state index >= 15 is 0 Å². The van der Waals surface area contributed by atoms with Gasteiger partial charge in [-0.05, 0) is 36.4 Å². The lowest BCUT2D eigenvalue weighted by Gasteiger charge is -2.31. The van der Waals surface area contributed by atoms with Crippen molar-refractivity contribution in [3.05, 3.63) is 61.2 Å². The van der Waals surface area contributed by atoms with E-state index in [-0.39, 0.29) is 11.8 Å². The molecule has 58 heavy (non-hydrogen) atoms. The summed E-state index contributed by atoms with van der Waals surface area (Å²) < 4.78 is 9.39. The average molecular weight is 837 g/mol. The van der Waals surface area contributed by atoms with Crippen molar-refractivity contribution in [2.45, 2.75) is 26.7 Å². The van der Waals surface area contributed by atoms with Crippen LogP contribution in [0.3, 0.4) is 0 Å². The fourth-order valence-corrected chi connectivity index (χ4v) is 8.25. The lowest BCUT2D eigenvalue weighted by molar-refractivity contribution is -0.886. The number of carbonyl (C=O) groups is 2. The molecule has 2 amide bonds. The molecular formula is C40H64N14O2S2+4. The summed E-state index contributed by atoms with van der Waals surface area (Å²) in [5.74, 6) is 3.47. The molecule has 314 valence electrons. The van der Waals surface area contributed by atoms with E-state index in [1.54, 1.807) is 0 Å². The van der Waals surface area contributed by atoms with Crippen LogP contribution < -0.4 is 30.4 Å². The predicted molar refractivity (Wildman–Crippen MR) is 238 cm³/mol. The van der Waals surface area contributed by atoms with Crippen molar-refractivity contribution in [3.8, 4) is 0 Å². The Kier molecular flexibility index (Phi) is 17.3. The van der Waals surface area contributed by atoms with Crippen LogP contribution in [-0.4, -0.2) is 109 Å². The van der Waals surface area contributed by atoms with E-state index in [0.717, 1.165) is 94.4 Å². The van der Waals surface area contributed by atoms with Gasteiger partial charge in [0.05, 0.1) is 143 Å². The lowest BCUT2D eigenvalue weighted by atomic mass is 10.2. The molecule has 4 rings (SSSR count). The number of aromatic nitrogens is 4. The van der Waals surface area contributed by atoms with Crippen molar-refractivity contribution < 1.29 is 27.7 Å². The first-order chi connectivity index (χ1) is 27.6. The van der Waals surface area contributed by atoms with Crippen LogP contribution >= 0.6 is 21.6 Å². The molecule has 0 aliphatic rings. The summed E-state index contributed by atoms with van der Waals surface area (Å²) in [6.45, 7) is 9.05. The molecule has 2 heterocycles. The molecule has 0 saturated heterocycles. The Labute approximate surface area is 351 Å². The highest BCUT2D eigenvalue weighted by molar-refractivity contribution is 8.76. The Hall–Kier alpha value is -4.78. The molecule has 0 bridgehead atoms. The minimum absolute atomic E-state index is 0.0340. The van der Waals surface area contributed by atoms with Gasteiger partial charge in [-0.25, -0.2) is 18.3 Å². The van der Waals surface area contributed by atoms with Gasteiger partial charge in [-0.3, -0.25) is 9.59 Å². The average Bonchev–Trinajstić information content (AvgIpc) is 3.68. The maximum atomic E-state index is 12.1. The Bertz CT molecular complexity index is 1860. The predicted octanol–water partition coefficient (Wildman–Crippen LogP) is 6.60. The first kappa shape index (κ1) is 45.9. The minimum Gasteiger partial charge on any atom is -0.377 e. The molecule has 0 aliphatic carbocycles. The van der Waals surface area contributed by atoms with Crippen LogP contribution in [-0.2, 0) is 37.8 Å². The van der Waals surface area contributed by atoms with Gasteiger partial charge in [-0.15, -0.1) is 0 Å². The van der Waals surface area contributed by atoms with Crippen LogP contribution in [0.2, 0.25) is 0 Å². The molecule has 2 aromatic heterocycles. The van der Waals surface area contributed by atoms with Gasteiger partial charge < -0.3 is 30.2 Å². The first-order valence-electron chi connectivity index (χ1n) is 19.7. The molecule has 0 atom stereocenters. The summed E-state index contributed by atoms with van der Waals surface area (Å²) in [5.41, 5.74) is 4.53. The standard InChI is InChI=1S/C40H60N14O2S2/c1-11-37(55)43-31-13-15-33(45-47-39-49(3)19-20-50(39)4)35(29-31)41-17-23-53(7,8)25-27-57-58-28-26-54(9,10)24-18-42-36-30-32(44-38(56)12-2)14-16-34(36)46-48-40-51(5)21-22-52(40)6/h13-16,19-22,29-30H,11-12,17-18,23-28H2,1-10H3/p+4. The topological polar surface area (TPSA) is 149 Å². The van der Waals surface area contributed by atoms with Crippen molar-refractivity contribution >= 4 is 79.4 Å². The Morgan fingerprint density at radius 2 is 1.03 bits per heavy atom. The number of anilines is 4. The number of amides is 2. The zero-order chi connectivity index (χ0) is 42.3. The zero-order valence-corrected chi connectivity index (χ0v) is 37.6. The third kappa shape index (κ3) is 14.6. The number of aryl methyl sites for hydroxylation is 4. The summed E-state index contributed by atoms with van der Waals surface area (Å²) in [5, 5.41) is 31.1. The molecule has 4 N–H and O–H groups in total. The third-order valence-corrected chi connectivity index (χ3v) is 12.1. The van der Waals surface area contributed by atoms with E-state index in [2.05, 4.69) is 69.9 Å². The van der Waals surface area contributed by atoms with Gasteiger partial charge >= 0.3 is 11.9 Å². The van der Waals surface area contributed by atoms with Gasteiger partial charge in [0, 0.05) is 34.4 Å². The largest absolute Gasteiger partial charge is 0.421 e. The van der Waals surface area contributed by atoms with E-state index in [1.807, 2.05) is 143 Å². The van der Waals surface area contributed by atoms with Gasteiger partial charge in [-0.1, -0.05) is 45.7 Å². The maximum absolute atomic E-state index is 12.1. The number of hydrogen-bond acceptors (Lipinski definition) is 10. The molecule has 0 radical (unpaired) electrons. The van der Waals surface area contributed by atoms with Crippen molar-refractivity contribution in [1.82, 2.24) is 9.13 Å². The van der Waals surface area contributed by atoms with E-state index in [9.17, 15) is 9.59 Å². The molecule has 16 nitrogen and oxygen atoms in total. The summed E-state index contributed by atoms with van der Waals surface area (Å²) in [4.78, 5) is 24.2. The van der Waals surface area contributed by atoms with Crippen molar-refractivity contribution in [1.29, 1.82) is 0 Å². The normalized spacial score (nSPS) is 12.1. The van der Waals surface area contributed by atoms with Crippen LogP contribution in [0.5, 0.6) is 0 Å². The molecule has 0 spiro atoms. The van der Waals surface area contributed by atoms with Gasteiger partial charge in [0.1, 0.15) is 11.4 Å². The van der Waals surface area contributed by atoms with Crippen molar-refractivity contribution in [2.75, 3.05) is 100 Å². The van der Waals surface area contributed by atoms with Crippen LogP contribution in [0.25, 0.3) is 0 Å². The van der Waals surface area contributed by atoms with Crippen LogP contribution in [0.15, 0.2) is 81.6 Å². The van der Waals surface area contributed by atoms with E-state index in [1.165, 1.54) is 0 Å². The lowest BCUT2D eigenvalue weighted by Crippen LogP contribution is -2.45. The Morgan fingerprint density at radius 1 is 0.638 bits per heavy atom. The number of likely N-dealkylation sites (N-methyl/N-ethyl adjacent to an activating group) is 2. The van der Waals surface area contributed by atoms with Crippen LogP contribution in [0.4, 0.5) is 46.0 Å². The summed E-state index contributed by atoms with van der Waals surface area (Å²) in [6, 6.07) is 11.3. The summed E-state index contributed by atoms with van der Waals surface area (Å²) in [7, 11) is 20.6. The van der Waals surface area contributed by atoms with E-state index < -0.39 is 0 Å². The minimum atomic E-state index is -0.0340. The maximum Gasteiger partial charge on any atom is 0.421 e. The Morgan fingerprint density at radius 3 is 1.38 bits per heavy atom. The number of hydrogen-bond donors (Lipinski definition) is 4. The quantitative estimate of drug-likeness (QED) is 0.0218. The second kappa shape index (κ2) is 21.8. The summed E-state index contributed by atoms with van der Waals surface area (Å²) in [6.07, 6.45) is 8.57. The highest BCUT2D eigenvalue weighted by Gasteiger charge is 2.19. The zero-order valence-electron chi connectivity index (χ0n) is 35.9. The highest BCUT2D eigenvalue weighted by Crippen LogP contribution is 2.31. The monoisotopic (exact) mass is 836 g/mol. The number of benzene rings is 2. The number of nitrogens with zero attached hydrogens (tertiary/aromatic N) is 10. The summed E-state index contributed by atoms with van der Waals surface area (Å²) >= 11 is 0. The molecule has 0 aliphatic heterocycles. The fourth-order valence-electron chi connectivity index (χ4n) is 5.72. The third-order valence-electron chi connectivity index (χ3n) is 9.70. The first-order valence-corrected chi connectivity index (χ1v) is 22.2. The van der Waals surface area contributed by atoms with Crippen LogP contribution in [0.1, 0.15) is 26.7 Å². The van der Waals surface area contributed by atoms with Gasteiger partial charge in [-0.2, -0.15) is 0 Å². The van der Waals surface area contributed by atoms with Gasteiger partial charge in [0.25, 0.3) is 0 Å². The molecule has 0 unspecified atom stereocenters. The number of rotatable bonds is 23. The number of azo groups is 2. The smallest absolute Gasteiger partial charge is 0.377 e. The number of imidazole rings is 2. The SMILES string of the molecule is CCC(=O)Nc1ccc(/N=N/c2n(C)cc[n+]2C)c(NCC[N+](C)(C)CCSSCC[N+](C)(C)CCNc2cc(NC(=O)CC)ccc2/N=N/c2n(C)cc[n+]2C)c1.